The van der Waals surface area contributed by atoms with Crippen molar-refractivity contribution in [2.24, 2.45) is 0 Å². The molecule has 112 valence electrons. The van der Waals surface area contributed by atoms with Gasteiger partial charge in [0.15, 0.2) is 9.84 Å². The standard InChI is InChI=1S/C13H20N2O4S/c1-4-7-20(17,18)9(2)13(16)15-11-8-10(14)5-6-12(11)19-3/h5-6,8-9H,4,7,14H2,1-3H3,(H,15,16). The molecule has 0 bridgehead atoms. The third-order valence-corrected chi connectivity index (χ3v) is 5.15. The minimum atomic E-state index is -3.44. The summed E-state index contributed by atoms with van der Waals surface area (Å²) in [5.41, 5.74) is 6.45. The molecule has 0 spiro atoms. The van der Waals surface area contributed by atoms with Gasteiger partial charge in [-0.2, -0.15) is 0 Å². The third kappa shape index (κ3) is 3.86. The smallest absolute Gasteiger partial charge is 0.242 e. The number of hydrogen-bond donors (Lipinski definition) is 2. The van der Waals surface area contributed by atoms with Crippen molar-refractivity contribution < 1.29 is 17.9 Å². The highest BCUT2D eigenvalue weighted by molar-refractivity contribution is 7.92. The van der Waals surface area contributed by atoms with Crippen molar-refractivity contribution in [3.8, 4) is 5.75 Å². The lowest BCUT2D eigenvalue weighted by molar-refractivity contribution is -0.115. The van der Waals surface area contributed by atoms with Gasteiger partial charge in [-0.15, -0.1) is 0 Å². The Kier molecular flexibility index (Phi) is 5.38. The van der Waals surface area contributed by atoms with E-state index in [-0.39, 0.29) is 5.75 Å². The normalized spacial score (nSPS) is 12.8. The highest BCUT2D eigenvalue weighted by Crippen LogP contribution is 2.26. The van der Waals surface area contributed by atoms with Crippen molar-refractivity contribution in [1.29, 1.82) is 0 Å². The van der Waals surface area contributed by atoms with Gasteiger partial charge in [0.25, 0.3) is 0 Å². The average Bonchev–Trinajstić information content (AvgIpc) is 2.38. The second kappa shape index (κ2) is 6.60. The van der Waals surface area contributed by atoms with E-state index in [4.69, 9.17) is 10.5 Å². The van der Waals surface area contributed by atoms with Crippen LogP contribution in [0.4, 0.5) is 11.4 Å². The predicted octanol–water partition coefficient (Wildman–Crippen LogP) is 1.43. The summed E-state index contributed by atoms with van der Waals surface area (Å²) in [7, 11) is -1.99. The van der Waals surface area contributed by atoms with E-state index in [0.717, 1.165) is 0 Å². The van der Waals surface area contributed by atoms with Crippen LogP contribution in [0.1, 0.15) is 20.3 Å². The molecule has 0 fully saturated rings. The molecule has 0 heterocycles. The van der Waals surface area contributed by atoms with Crippen LogP contribution in [-0.4, -0.2) is 32.4 Å². The highest BCUT2D eigenvalue weighted by atomic mass is 32.2. The number of rotatable bonds is 6. The van der Waals surface area contributed by atoms with Crippen LogP contribution in [0, 0.1) is 0 Å². The first-order valence-electron chi connectivity index (χ1n) is 6.27. The van der Waals surface area contributed by atoms with E-state index in [1.165, 1.54) is 20.1 Å². The zero-order chi connectivity index (χ0) is 15.3. The van der Waals surface area contributed by atoms with Gasteiger partial charge in [0.2, 0.25) is 5.91 Å². The number of nitrogen functional groups attached to an aromatic ring is 1. The van der Waals surface area contributed by atoms with E-state index < -0.39 is 21.0 Å². The van der Waals surface area contributed by atoms with E-state index in [2.05, 4.69) is 5.32 Å². The van der Waals surface area contributed by atoms with Crippen molar-refractivity contribution in [3.63, 3.8) is 0 Å². The molecular weight excluding hydrogens is 280 g/mol. The minimum Gasteiger partial charge on any atom is -0.495 e. The first-order valence-corrected chi connectivity index (χ1v) is 7.99. The quantitative estimate of drug-likeness (QED) is 0.774. The summed E-state index contributed by atoms with van der Waals surface area (Å²) in [5, 5.41) is 1.43. The van der Waals surface area contributed by atoms with Gasteiger partial charge < -0.3 is 15.8 Å². The Morgan fingerprint density at radius 2 is 2.10 bits per heavy atom. The second-order valence-corrected chi connectivity index (χ2v) is 6.90. The van der Waals surface area contributed by atoms with Gasteiger partial charge in [0.05, 0.1) is 18.6 Å². The van der Waals surface area contributed by atoms with E-state index in [1.807, 2.05) is 0 Å². The number of sulfone groups is 1. The number of methoxy groups -OCH3 is 1. The summed E-state index contributed by atoms with van der Waals surface area (Å²) < 4.78 is 28.8. The van der Waals surface area contributed by atoms with Crippen LogP contribution in [-0.2, 0) is 14.6 Å². The van der Waals surface area contributed by atoms with Gasteiger partial charge >= 0.3 is 0 Å². The number of benzene rings is 1. The molecule has 1 rings (SSSR count). The summed E-state index contributed by atoms with van der Waals surface area (Å²) in [6.45, 7) is 3.13. The molecule has 0 radical (unpaired) electrons. The molecule has 0 aliphatic heterocycles. The molecule has 1 unspecified atom stereocenters. The van der Waals surface area contributed by atoms with E-state index in [0.29, 0.717) is 23.5 Å². The molecule has 3 N–H and O–H groups in total. The van der Waals surface area contributed by atoms with Crippen molar-refractivity contribution in [2.75, 3.05) is 23.9 Å². The Bertz CT molecular complexity index is 584. The van der Waals surface area contributed by atoms with Crippen LogP contribution in [0.3, 0.4) is 0 Å². The summed E-state index contributed by atoms with van der Waals surface area (Å²) in [6, 6.07) is 4.76. The lowest BCUT2D eigenvalue weighted by Crippen LogP contribution is -2.34. The maximum Gasteiger partial charge on any atom is 0.242 e. The molecule has 7 heteroatoms. The fraction of sp³-hybridized carbons (Fsp3) is 0.462. The van der Waals surface area contributed by atoms with E-state index >= 15 is 0 Å². The molecule has 20 heavy (non-hydrogen) atoms. The van der Waals surface area contributed by atoms with Crippen LogP contribution < -0.4 is 15.8 Å². The molecule has 1 amide bonds. The van der Waals surface area contributed by atoms with Crippen LogP contribution in [0.2, 0.25) is 0 Å². The molecule has 1 aromatic rings. The molecule has 1 atom stereocenters. The first kappa shape index (κ1) is 16.3. The molecule has 6 nitrogen and oxygen atoms in total. The molecule has 0 aliphatic rings. The largest absolute Gasteiger partial charge is 0.495 e. The maximum atomic E-state index is 12.0. The van der Waals surface area contributed by atoms with E-state index in [1.54, 1.807) is 19.1 Å². The number of amides is 1. The predicted molar refractivity (Wildman–Crippen MR) is 79.6 cm³/mol. The fourth-order valence-electron chi connectivity index (χ4n) is 1.68. The number of nitrogens with two attached hydrogens (primary N) is 1. The topological polar surface area (TPSA) is 98.5 Å². The van der Waals surface area contributed by atoms with Crippen LogP contribution in [0.5, 0.6) is 5.75 Å². The molecule has 0 saturated heterocycles. The van der Waals surface area contributed by atoms with Gasteiger partial charge in [0.1, 0.15) is 11.0 Å². The van der Waals surface area contributed by atoms with Gasteiger partial charge in [-0.1, -0.05) is 6.92 Å². The number of hydrogen-bond acceptors (Lipinski definition) is 5. The van der Waals surface area contributed by atoms with Crippen molar-refractivity contribution in [1.82, 2.24) is 0 Å². The lowest BCUT2D eigenvalue weighted by atomic mass is 10.2. The Labute approximate surface area is 119 Å². The Hall–Kier alpha value is -1.76. The molecular formula is C13H20N2O4S. The summed E-state index contributed by atoms with van der Waals surface area (Å²) in [4.78, 5) is 12.0. The van der Waals surface area contributed by atoms with Crippen molar-refractivity contribution >= 4 is 27.1 Å². The Morgan fingerprint density at radius 1 is 1.45 bits per heavy atom. The number of carbonyl (C=O) groups is 1. The van der Waals surface area contributed by atoms with Crippen molar-refractivity contribution in [2.45, 2.75) is 25.5 Å². The van der Waals surface area contributed by atoms with Gasteiger partial charge in [-0.3, -0.25) is 4.79 Å². The summed E-state index contributed by atoms with van der Waals surface area (Å²) in [5.74, 6) is -0.190. The van der Waals surface area contributed by atoms with Crippen molar-refractivity contribution in [3.05, 3.63) is 18.2 Å². The number of carbonyl (C=O) groups excluding carboxylic acids is 1. The van der Waals surface area contributed by atoms with Crippen LogP contribution in [0.25, 0.3) is 0 Å². The van der Waals surface area contributed by atoms with Crippen LogP contribution >= 0.6 is 0 Å². The Morgan fingerprint density at radius 3 is 2.65 bits per heavy atom. The first-order chi connectivity index (χ1) is 9.31. The number of anilines is 2. The molecule has 0 aliphatic carbocycles. The van der Waals surface area contributed by atoms with E-state index in [9.17, 15) is 13.2 Å². The SMILES string of the molecule is CCCS(=O)(=O)C(C)C(=O)Nc1cc(N)ccc1OC. The zero-order valence-corrected chi connectivity index (χ0v) is 12.7. The fourth-order valence-corrected chi connectivity index (χ4v) is 2.99. The minimum absolute atomic E-state index is 0.0182. The highest BCUT2D eigenvalue weighted by Gasteiger charge is 2.27. The summed E-state index contributed by atoms with van der Waals surface area (Å²) >= 11 is 0. The third-order valence-electron chi connectivity index (χ3n) is 2.88. The van der Waals surface area contributed by atoms with Crippen LogP contribution in [0.15, 0.2) is 18.2 Å². The van der Waals surface area contributed by atoms with Gasteiger partial charge in [-0.25, -0.2) is 8.42 Å². The second-order valence-electron chi connectivity index (χ2n) is 4.46. The molecule has 0 aromatic heterocycles. The average molecular weight is 300 g/mol. The van der Waals surface area contributed by atoms with Gasteiger partial charge in [0, 0.05) is 5.69 Å². The summed E-state index contributed by atoms with van der Waals surface area (Å²) in [6.07, 6.45) is 0.474. The monoisotopic (exact) mass is 300 g/mol. The number of nitrogens with one attached hydrogen (secondary N) is 1. The lowest BCUT2D eigenvalue weighted by Gasteiger charge is -2.15. The Balaban J connectivity index is 2.94. The maximum absolute atomic E-state index is 12.0. The number of ether oxygens (including phenoxy) is 1. The zero-order valence-electron chi connectivity index (χ0n) is 11.8. The molecule has 1 aromatic carbocycles. The molecule has 0 saturated carbocycles. The van der Waals surface area contributed by atoms with Gasteiger partial charge in [-0.05, 0) is 31.5 Å².